The summed E-state index contributed by atoms with van der Waals surface area (Å²) in [5.74, 6) is -0.393. The zero-order valence-electron chi connectivity index (χ0n) is 13.6. The maximum atomic E-state index is 12.2. The van der Waals surface area contributed by atoms with Gasteiger partial charge < -0.3 is 18.9 Å². The second-order valence-corrected chi connectivity index (χ2v) is 6.81. The molecule has 0 saturated heterocycles. The first kappa shape index (κ1) is 19.0. The minimum atomic E-state index is -3.73. The van der Waals surface area contributed by atoms with E-state index in [4.69, 9.17) is 9.47 Å². The Morgan fingerprint density at radius 1 is 1.16 bits per heavy atom. The van der Waals surface area contributed by atoms with Gasteiger partial charge in [-0.05, 0) is 18.6 Å². The number of sulfonamides is 1. The number of methoxy groups -OCH3 is 1. The molecule has 1 aliphatic rings. The van der Waals surface area contributed by atoms with Crippen LogP contribution in [0.4, 0.5) is 0 Å². The predicted molar refractivity (Wildman–Crippen MR) is 84.8 cm³/mol. The summed E-state index contributed by atoms with van der Waals surface area (Å²) in [6.07, 6.45) is 0.199. The summed E-state index contributed by atoms with van der Waals surface area (Å²) >= 11 is 0. The summed E-state index contributed by atoms with van der Waals surface area (Å²) in [5.41, 5.74) is 0. The molecule has 1 N–H and O–H groups in total. The number of carbonyl (C=O) groups is 2. The summed E-state index contributed by atoms with van der Waals surface area (Å²) in [5, 5.41) is 0. The number of hydrogen-bond donors (Lipinski definition) is 1. The second kappa shape index (κ2) is 8.67. The van der Waals surface area contributed by atoms with Crippen LogP contribution in [0.2, 0.25) is 0 Å². The third-order valence-corrected chi connectivity index (χ3v) is 4.71. The van der Waals surface area contributed by atoms with Gasteiger partial charge in [0, 0.05) is 19.0 Å². The van der Waals surface area contributed by atoms with Crippen molar-refractivity contribution in [2.24, 2.45) is 0 Å². The number of carbonyl (C=O) groups excluding carboxylic acids is 2. The number of ether oxygens (including phenoxy) is 4. The molecule has 1 heterocycles. The fourth-order valence-corrected chi connectivity index (χ4v) is 3.07. The topological polar surface area (TPSA) is 117 Å². The Balaban J connectivity index is 1.80. The molecule has 0 saturated carbocycles. The largest absolute Gasteiger partial charge is 0.486 e. The molecule has 0 aliphatic carbocycles. The number of nitrogens with one attached hydrogen (secondary N) is 1. The van der Waals surface area contributed by atoms with Crippen LogP contribution in [0.5, 0.6) is 11.5 Å². The van der Waals surface area contributed by atoms with Crippen molar-refractivity contribution in [1.29, 1.82) is 0 Å². The molecule has 0 spiro atoms. The Kier molecular flexibility index (Phi) is 6.59. The first-order valence-corrected chi connectivity index (χ1v) is 9.02. The molecule has 138 valence electrons. The maximum Gasteiger partial charge on any atom is 0.344 e. The van der Waals surface area contributed by atoms with Crippen LogP contribution >= 0.6 is 0 Å². The average Bonchev–Trinajstić information content (AvgIpc) is 2.62. The third-order valence-electron chi connectivity index (χ3n) is 3.25. The smallest absolute Gasteiger partial charge is 0.344 e. The molecule has 0 aromatic heterocycles. The van der Waals surface area contributed by atoms with Crippen LogP contribution in [-0.2, 0) is 29.1 Å². The molecule has 0 bridgehead atoms. The molecule has 0 atom stereocenters. The molecule has 10 heteroatoms. The summed E-state index contributed by atoms with van der Waals surface area (Å²) in [6.45, 7) is 0.364. The van der Waals surface area contributed by atoms with E-state index in [1.54, 1.807) is 0 Å². The summed E-state index contributed by atoms with van der Waals surface area (Å²) in [7, 11) is -2.55. The lowest BCUT2D eigenvalue weighted by molar-refractivity contribution is -0.157. The molecule has 1 aromatic rings. The van der Waals surface area contributed by atoms with Crippen LogP contribution in [0.3, 0.4) is 0 Å². The van der Waals surface area contributed by atoms with Crippen molar-refractivity contribution in [1.82, 2.24) is 4.72 Å². The Morgan fingerprint density at radius 3 is 2.60 bits per heavy atom. The van der Waals surface area contributed by atoms with E-state index in [1.807, 2.05) is 0 Å². The fraction of sp³-hybridized carbons (Fsp3) is 0.467. The summed E-state index contributed by atoms with van der Waals surface area (Å²) in [6, 6.07) is 4.34. The highest BCUT2D eigenvalue weighted by Crippen LogP contribution is 2.32. The molecule has 0 unspecified atom stereocenters. The molecule has 0 fully saturated rings. The van der Waals surface area contributed by atoms with E-state index in [0.29, 0.717) is 24.7 Å². The molecular weight excluding hydrogens is 354 g/mol. The van der Waals surface area contributed by atoms with E-state index in [2.05, 4.69) is 14.2 Å². The second-order valence-electron chi connectivity index (χ2n) is 5.04. The van der Waals surface area contributed by atoms with Crippen molar-refractivity contribution >= 4 is 22.0 Å². The van der Waals surface area contributed by atoms with Crippen molar-refractivity contribution in [3.05, 3.63) is 18.2 Å². The normalized spacial score (nSPS) is 13.2. The average molecular weight is 373 g/mol. The number of benzene rings is 1. The lowest BCUT2D eigenvalue weighted by atomic mass is 10.3. The van der Waals surface area contributed by atoms with E-state index in [0.717, 1.165) is 0 Å². The van der Waals surface area contributed by atoms with Gasteiger partial charge in [0.1, 0.15) is 13.2 Å². The number of hydrogen-bond acceptors (Lipinski definition) is 8. The van der Waals surface area contributed by atoms with E-state index in [1.165, 1.54) is 25.3 Å². The van der Waals surface area contributed by atoms with Crippen LogP contribution in [0.15, 0.2) is 23.1 Å². The van der Waals surface area contributed by atoms with Gasteiger partial charge in [0.25, 0.3) is 0 Å². The Labute approximate surface area is 145 Å². The van der Waals surface area contributed by atoms with Crippen LogP contribution < -0.4 is 14.2 Å². The van der Waals surface area contributed by atoms with Gasteiger partial charge in [-0.15, -0.1) is 0 Å². The highest BCUT2D eigenvalue weighted by Gasteiger charge is 2.19. The quantitative estimate of drug-likeness (QED) is 0.508. The molecule has 1 aromatic carbocycles. The Morgan fingerprint density at radius 2 is 1.88 bits per heavy atom. The first-order chi connectivity index (χ1) is 11.9. The molecule has 0 radical (unpaired) electrons. The Hall–Kier alpha value is -2.33. The van der Waals surface area contributed by atoms with Crippen molar-refractivity contribution in [3.8, 4) is 11.5 Å². The van der Waals surface area contributed by atoms with Gasteiger partial charge in [0.05, 0.1) is 12.0 Å². The maximum absolute atomic E-state index is 12.2. The van der Waals surface area contributed by atoms with Crippen LogP contribution in [0, 0.1) is 0 Å². The molecular formula is C15H19NO8S. The van der Waals surface area contributed by atoms with E-state index >= 15 is 0 Å². The van der Waals surface area contributed by atoms with Gasteiger partial charge >= 0.3 is 11.9 Å². The molecule has 2 rings (SSSR count). The summed E-state index contributed by atoms with van der Waals surface area (Å²) < 4.78 is 46.5. The van der Waals surface area contributed by atoms with Gasteiger partial charge in [-0.1, -0.05) is 0 Å². The van der Waals surface area contributed by atoms with Crippen molar-refractivity contribution in [2.75, 3.05) is 33.5 Å². The Bertz CT molecular complexity index is 731. The molecule has 25 heavy (non-hydrogen) atoms. The molecule has 1 aliphatic heterocycles. The van der Waals surface area contributed by atoms with E-state index in [-0.39, 0.29) is 24.3 Å². The van der Waals surface area contributed by atoms with E-state index in [9.17, 15) is 18.0 Å². The lowest BCUT2D eigenvalue weighted by Gasteiger charge is -2.18. The van der Waals surface area contributed by atoms with Gasteiger partial charge in [-0.25, -0.2) is 17.9 Å². The van der Waals surface area contributed by atoms with E-state index < -0.39 is 28.6 Å². The zero-order valence-corrected chi connectivity index (χ0v) is 14.5. The first-order valence-electron chi connectivity index (χ1n) is 7.54. The van der Waals surface area contributed by atoms with Gasteiger partial charge in [0.15, 0.2) is 18.1 Å². The number of esters is 2. The minimum Gasteiger partial charge on any atom is -0.486 e. The molecule has 0 amide bonds. The monoisotopic (exact) mass is 373 g/mol. The third kappa shape index (κ3) is 5.61. The van der Waals surface area contributed by atoms with Crippen molar-refractivity contribution in [3.63, 3.8) is 0 Å². The SMILES string of the molecule is COC(=O)COC(=O)CCCNS(=O)(=O)c1ccc2c(c1)OCCO2. The zero-order chi connectivity index (χ0) is 18.3. The predicted octanol–water partition coefficient (Wildman–Crippen LogP) is 0.232. The van der Waals surface area contributed by atoms with Gasteiger partial charge in [-0.2, -0.15) is 0 Å². The highest BCUT2D eigenvalue weighted by molar-refractivity contribution is 7.89. The number of fused-ring (bicyclic) bond motifs is 1. The van der Waals surface area contributed by atoms with Crippen molar-refractivity contribution < 1.29 is 37.0 Å². The number of rotatable bonds is 8. The van der Waals surface area contributed by atoms with Crippen LogP contribution in [0.25, 0.3) is 0 Å². The van der Waals surface area contributed by atoms with Gasteiger partial charge in [0.2, 0.25) is 10.0 Å². The standard InChI is InChI=1S/C15H19NO8S/c1-21-15(18)10-24-14(17)3-2-6-16-25(19,20)11-4-5-12-13(9-11)23-8-7-22-12/h4-5,9,16H,2-3,6-8,10H2,1H3. The minimum absolute atomic E-state index is 0.0271. The van der Waals surface area contributed by atoms with Crippen molar-refractivity contribution in [2.45, 2.75) is 17.7 Å². The van der Waals surface area contributed by atoms with Crippen LogP contribution in [-0.4, -0.2) is 53.8 Å². The highest BCUT2D eigenvalue weighted by atomic mass is 32.2. The fourth-order valence-electron chi connectivity index (χ4n) is 1.98. The lowest BCUT2D eigenvalue weighted by Crippen LogP contribution is -2.26. The molecule has 9 nitrogen and oxygen atoms in total. The summed E-state index contributed by atoms with van der Waals surface area (Å²) in [4.78, 5) is 22.3. The van der Waals surface area contributed by atoms with Gasteiger partial charge in [-0.3, -0.25) is 4.79 Å². The van der Waals surface area contributed by atoms with Crippen LogP contribution in [0.1, 0.15) is 12.8 Å².